The molecule has 7 heteroatoms. The third kappa shape index (κ3) is 4.06. The number of carboxylic acids is 1. The standard InChI is InChI=1S/C13H18N4O2S/c1-9-6-10(2)17(16-9)5-3-4-14-13-15-11(8-20-13)7-12(18)19/h6,8H,3-5,7H2,1-2H3,(H,14,15)(H,18,19). The van der Waals surface area contributed by atoms with Crippen molar-refractivity contribution in [1.29, 1.82) is 0 Å². The summed E-state index contributed by atoms with van der Waals surface area (Å²) in [5.41, 5.74) is 2.80. The highest BCUT2D eigenvalue weighted by Crippen LogP contribution is 2.15. The van der Waals surface area contributed by atoms with Crippen LogP contribution in [-0.2, 0) is 17.8 Å². The van der Waals surface area contributed by atoms with Gasteiger partial charge >= 0.3 is 5.97 Å². The van der Waals surface area contributed by atoms with Crippen molar-refractivity contribution in [2.24, 2.45) is 0 Å². The van der Waals surface area contributed by atoms with Gasteiger partial charge in [-0.25, -0.2) is 4.98 Å². The first-order chi connectivity index (χ1) is 9.54. The van der Waals surface area contributed by atoms with Crippen molar-refractivity contribution in [1.82, 2.24) is 14.8 Å². The molecule has 0 saturated heterocycles. The molecule has 0 aliphatic heterocycles. The molecule has 0 spiro atoms. The van der Waals surface area contributed by atoms with Gasteiger partial charge in [0, 0.05) is 24.2 Å². The van der Waals surface area contributed by atoms with Gasteiger partial charge in [-0.15, -0.1) is 11.3 Å². The maximum absolute atomic E-state index is 10.6. The van der Waals surface area contributed by atoms with Gasteiger partial charge in [0.1, 0.15) is 0 Å². The summed E-state index contributed by atoms with van der Waals surface area (Å²) in [7, 11) is 0. The molecule has 20 heavy (non-hydrogen) atoms. The van der Waals surface area contributed by atoms with Crippen molar-refractivity contribution >= 4 is 22.4 Å². The van der Waals surface area contributed by atoms with E-state index in [1.54, 1.807) is 5.38 Å². The Bertz CT molecular complexity index is 591. The second-order valence-corrected chi connectivity index (χ2v) is 5.50. The molecule has 0 unspecified atom stereocenters. The van der Waals surface area contributed by atoms with Crippen LogP contribution in [0.2, 0.25) is 0 Å². The number of hydrogen-bond acceptors (Lipinski definition) is 5. The first-order valence-corrected chi connectivity index (χ1v) is 7.33. The average molecular weight is 294 g/mol. The summed E-state index contributed by atoms with van der Waals surface area (Å²) in [4.78, 5) is 14.8. The Morgan fingerprint density at radius 3 is 2.95 bits per heavy atom. The topological polar surface area (TPSA) is 80.0 Å². The summed E-state index contributed by atoms with van der Waals surface area (Å²) >= 11 is 1.44. The lowest BCUT2D eigenvalue weighted by Crippen LogP contribution is -2.09. The van der Waals surface area contributed by atoms with Crippen LogP contribution in [0.15, 0.2) is 11.4 Å². The van der Waals surface area contributed by atoms with E-state index in [4.69, 9.17) is 5.11 Å². The maximum Gasteiger partial charge on any atom is 0.309 e. The number of nitrogens with zero attached hydrogens (tertiary/aromatic N) is 3. The lowest BCUT2D eigenvalue weighted by Gasteiger charge is -2.05. The lowest BCUT2D eigenvalue weighted by molar-refractivity contribution is -0.136. The third-order valence-corrected chi connectivity index (χ3v) is 3.66. The second-order valence-electron chi connectivity index (χ2n) is 4.65. The fourth-order valence-corrected chi connectivity index (χ4v) is 2.69. The largest absolute Gasteiger partial charge is 0.481 e. The number of anilines is 1. The van der Waals surface area contributed by atoms with E-state index in [2.05, 4.69) is 21.5 Å². The monoisotopic (exact) mass is 294 g/mol. The quantitative estimate of drug-likeness (QED) is 0.764. The minimum absolute atomic E-state index is 0.0239. The van der Waals surface area contributed by atoms with E-state index in [0.717, 1.165) is 30.3 Å². The fourth-order valence-electron chi connectivity index (χ4n) is 1.95. The number of nitrogens with one attached hydrogen (secondary N) is 1. The minimum atomic E-state index is -0.855. The smallest absolute Gasteiger partial charge is 0.309 e. The number of thiazole rings is 1. The molecule has 2 rings (SSSR count). The summed E-state index contributed by atoms with van der Waals surface area (Å²) in [5, 5.41) is 18.8. The van der Waals surface area contributed by atoms with E-state index in [1.807, 2.05) is 18.5 Å². The zero-order chi connectivity index (χ0) is 14.5. The number of hydrogen-bond donors (Lipinski definition) is 2. The zero-order valence-electron chi connectivity index (χ0n) is 11.6. The molecule has 2 N–H and O–H groups in total. The molecular formula is C13H18N4O2S. The van der Waals surface area contributed by atoms with Gasteiger partial charge in [-0.2, -0.15) is 5.10 Å². The molecule has 0 aromatic carbocycles. The van der Waals surface area contributed by atoms with E-state index >= 15 is 0 Å². The predicted octanol–water partition coefficient (Wildman–Crippen LogP) is 2.09. The summed E-state index contributed by atoms with van der Waals surface area (Å²) in [6, 6.07) is 2.06. The van der Waals surface area contributed by atoms with Crippen LogP contribution in [0.1, 0.15) is 23.5 Å². The van der Waals surface area contributed by atoms with E-state index < -0.39 is 5.97 Å². The minimum Gasteiger partial charge on any atom is -0.481 e. The molecule has 2 heterocycles. The van der Waals surface area contributed by atoms with Gasteiger partial charge in [0.2, 0.25) is 0 Å². The average Bonchev–Trinajstić information content (AvgIpc) is 2.91. The summed E-state index contributed by atoms with van der Waals surface area (Å²) in [5.74, 6) is -0.855. The molecule has 0 fully saturated rings. The maximum atomic E-state index is 10.6. The highest BCUT2D eigenvalue weighted by atomic mass is 32.1. The molecule has 2 aromatic heterocycles. The third-order valence-electron chi connectivity index (χ3n) is 2.81. The number of aryl methyl sites for hydroxylation is 3. The highest BCUT2D eigenvalue weighted by molar-refractivity contribution is 7.13. The molecule has 0 radical (unpaired) electrons. The Morgan fingerprint density at radius 1 is 1.50 bits per heavy atom. The molecule has 0 saturated carbocycles. The van der Waals surface area contributed by atoms with Crippen molar-refractivity contribution in [2.45, 2.75) is 33.2 Å². The van der Waals surface area contributed by atoms with E-state index in [9.17, 15) is 4.79 Å². The molecule has 0 atom stereocenters. The van der Waals surface area contributed by atoms with Gasteiger partial charge in [0.25, 0.3) is 0 Å². The van der Waals surface area contributed by atoms with Gasteiger partial charge in [0.15, 0.2) is 5.13 Å². The van der Waals surface area contributed by atoms with E-state index in [0.29, 0.717) is 5.69 Å². The van der Waals surface area contributed by atoms with Gasteiger partial charge in [-0.1, -0.05) is 0 Å². The fraction of sp³-hybridized carbons (Fsp3) is 0.462. The van der Waals surface area contributed by atoms with Crippen molar-refractivity contribution in [3.8, 4) is 0 Å². The van der Waals surface area contributed by atoms with Crippen molar-refractivity contribution < 1.29 is 9.90 Å². The Balaban J connectivity index is 1.74. The molecule has 108 valence electrons. The Hall–Kier alpha value is -1.89. The van der Waals surface area contributed by atoms with Crippen LogP contribution in [0.3, 0.4) is 0 Å². The Kier molecular flexibility index (Phi) is 4.73. The number of aliphatic carboxylic acids is 1. The summed E-state index contributed by atoms with van der Waals surface area (Å²) < 4.78 is 1.99. The van der Waals surface area contributed by atoms with Crippen molar-refractivity contribution in [2.75, 3.05) is 11.9 Å². The van der Waals surface area contributed by atoms with Crippen LogP contribution < -0.4 is 5.32 Å². The Labute approximate surface area is 121 Å². The first-order valence-electron chi connectivity index (χ1n) is 6.45. The number of rotatable bonds is 7. The zero-order valence-corrected chi connectivity index (χ0v) is 12.4. The van der Waals surface area contributed by atoms with Crippen LogP contribution in [0.25, 0.3) is 0 Å². The van der Waals surface area contributed by atoms with Crippen LogP contribution in [-0.4, -0.2) is 32.4 Å². The predicted molar refractivity (Wildman–Crippen MR) is 78.3 cm³/mol. The molecule has 0 aliphatic rings. The lowest BCUT2D eigenvalue weighted by atomic mass is 10.3. The van der Waals surface area contributed by atoms with Gasteiger partial charge < -0.3 is 10.4 Å². The van der Waals surface area contributed by atoms with E-state index in [1.165, 1.54) is 17.0 Å². The summed E-state index contributed by atoms with van der Waals surface area (Å²) in [6.07, 6.45) is 0.916. The van der Waals surface area contributed by atoms with Crippen LogP contribution in [0.5, 0.6) is 0 Å². The number of carboxylic acid groups (broad SMARTS) is 1. The Morgan fingerprint density at radius 2 is 2.30 bits per heavy atom. The normalized spacial score (nSPS) is 10.7. The SMILES string of the molecule is Cc1cc(C)n(CCCNc2nc(CC(=O)O)cs2)n1. The molecule has 0 amide bonds. The van der Waals surface area contributed by atoms with Crippen LogP contribution in [0, 0.1) is 13.8 Å². The summed E-state index contributed by atoms with van der Waals surface area (Å²) in [6.45, 7) is 5.69. The van der Waals surface area contributed by atoms with Gasteiger partial charge in [-0.05, 0) is 26.3 Å². The first kappa shape index (κ1) is 14.5. The second kappa shape index (κ2) is 6.51. The van der Waals surface area contributed by atoms with Crippen molar-refractivity contribution in [3.63, 3.8) is 0 Å². The molecule has 2 aromatic rings. The van der Waals surface area contributed by atoms with E-state index in [-0.39, 0.29) is 6.42 Å². The number of carbonyl (C=O) groups is 1. The highest BCUT2D eigenvalue weighted by Gasteiger charge is 2.06. The molecule has 0 bridgehead atoms. The van der Waals surface area contributed by atoms with Gasteiger partial charge in [-0.3, -0.25) is 9.48 Å². The molecule has 0 aliphatic carbocycles. The van der Waals surface area contributed by atoms with Crippen LogP contribution >= 0.6 is 11.3 Å². The molecule has 6 nitrogen and oxygen atoms in total. The molecular weight excluding hydrogens is 276 g/mol. The van der Waals surface area contributed by atoms with Crippen molar-refractivity contribution in [3.05, 3.63) is 28.5 Å². The number of aromatic nitrogens is 3. The van der Waals surface area contributed by atoms with Gasteiger partial charge in [0.05, 0.1) is 17.8 Å². The van der Waals surface area contributed by atoms with Crippen LogP contribution in [0.4, 0.5) is 5.13 Å².